The van der Waals surface area contributed by atoms with Crippen molar-refractivity contribution in [1.82, 2.24) is 0 Å². The van der Waals surface area contributed by atoms with Gasteiger partial charge in [0.05, 0.1) is 0 Å². The second kappa shape index (κ2) is 8.16. The van der Waals surface area contributed by atoms with Crippen LogP contribution in [0.5, 0.6) is 0 Å². The topological polar surface area (TPSA) is 0 Å². The number of benzene rings is 2. The molecule has 2 aromatic carbocycles. The van der Waals surface area contributed by atoms with Crippen LogP contribution in [0.4, 0.5) is 0 Å². The molecule has 0 heterocycles. The van der Waals surface area contributed by atoms with Gasteiger partial charge in [0.1, 0.15) is 0 Å². The molecule has 0 saturated carbocycles. The fraction of sp³-hybridized carbons (Fsp3) is 0.391. The monoisotopic (exact) mass is 368 g/mol. The van der Waals surface area contributed by atoms with Gasteiger partial charge in [-0.15, -0.1) is 17.2 Å². The molecule has 0 aliphatic heterocycles. The van der Waals surface area contributed by atoms with Gasteiger partial charge in [-0.25, -0.2) is 0 Å². The number of fused-ring (bicyclic) bond motifs is 1. The lowest BCUT2D eigenvalue weighted by Crippen LogP contribution is -2.13. The molecular weight excluding hydrogens is 338 g/mol. The largest absolute Gasteiger partial charge is 0.102 e. The average Bonchev–Trinajstić information content (AvgIpc) is 2.94. The Morgan fingerprint density at radius 1 is 0.760 bits per heavy atom. The minimum Gasteiger partial charge on any atom is -0.102 e. The van der Waals surface area contributed by atoms with Crippen molar-refractivity contribution in [3.05, 3.63) is 77.4 Å². The predicted octanol–water partition coefficient (Wildman–Crippen LogP) is 6.95. The van der Waals surface area contributed by atoms with Gasteiger partial charge in [-0.05, 0) is 46.4 Å². The molecule has 0 N–H and O–H groups in total. The summed E-state index contributed by atoms with van der Waals surface area (Å²) in [7, 11) is 1.94. The summed E-state index contributed by atoms with van der Waals surface area (Å²) in [5.41, 5.74) is 5.84. The highest BCUT2D eigenvalue weighted by Crippen LogP contribution is 2.62. The molecular formula is C23H30P2. The van der Waals surface area contributed by atoms with Gasteiger partial charge in [0.2, 0.25) is 0 Å². The van der Waals surface area contributed by atoms with Crippen LogP contribution in [0, 0.1) is 11.8 Å². The van der Waals surface area contributed by atoms with Gasteiger partial charge >= 0.3 is 0 Å². The van der Waals surface area contributed by atoms with E-state index in [0.29, 0.717) is 0 Å². The Balaban J connectivity index is 2.07. The first kappa shape index (κ1) is 18.8. The summed E-state index contributed by atoms with van der Waals surface area (Å²) in [6, 6.07) is 20.1. The van der Waals surface area contributed by atoms with Crippen LogP contribution in [0.15, 0.2) is 60.7 Å². The molecule has 2 heteroatoms. The summed E-state index contributed by atoms with van der Waals surface area (Å²) >= 11 is 0. The van der Waals surface area contributed by atoms with Crippen LogP contribution in [0.2, 0.25) is 0 Å². The molecule has 2 unspecified atom stereocenters. The maximum absolute atomic E-state index is 2.63. The average molecular weight is 368 g/mol. The highest BCUT2D eigenvalue weighted by molar-refractivity contribution is 7.59. The van der Waals surface area contributed by atoms with Gasteiger partial charge in [0, 0.05) is 4.90 Å². The molecule has 2 aromatic rings. The van der Waals surface area contributed by atoms with E-state index in [2.05, 4.69) is 88.4 Å². The zero-order valence-corrected chi connectivity index (χ0v) is 17.8. The Morgan fingerprint density at radius 3 is 1.92 bits per heavy atom. The van der Waals surface area contributed by atoms with E-state index in [-0.39, 0.29) is 4.90 Å². The van der Waals surface area contributed by atoms with Gasteiger partial charge < -0.3 is 0 Å². The molecule has 1 aliphatic rings. The Hall–Kier alpha value is -0.960. The zero-order chi connectivity index (χ0) is 17.9. The van der Waals surface area contributed by atoms with Crippen molar-refractivity contribution in [2.45, 2.75) is 32.6 Å². The molecule has 3 rings (SSSR count). The molecule has 0 amide bonds. The second-order valence-corrected chi connectivity index (χ2v) is 11.4. The van der Waals surface area contributed by atoms with Gasteiger partial charge in [0.25, 0.3) is 0 Å². The van der Waals surface area contributed by atoms with Gasteiger partial charge in [0.15, 0.2) is 0 Å². The summed E-state index contributed by atoms with van der Waals surface area (Å²) in [6.07, 6.45) is 5.27. The molecule has 1 aliphatic carbocycles. The van der Waals surface area contributed by atoms with E-state index in [4.69, 9.17) is 0 Å². The molecule has 2 atom stereocenters. The van der Waals surface area contributed by atoms with Crippen LogP contribution >= 0.6 is 17.2 Å². The summed E-state index contributed by atoms with van der Waals surface area (Å²) in [6.45, 7) is 9.42. The van der Waals surface area contributed by atoms with Crippen molar-refractivity contribution in [3.63, 3.8) is 0 Å². The predicted molar refractivity (Wildman–Crippen MR) is 118 cm³/mol. The van der Waals surface area contributed by atoms with Crippen LogP contribution in [0.25, 0.3) is 5.57 Å². The lowest BCUT2D eigenvalue weighted by Gasteiger charge is -2.31. The summed E-state index contributed by atoms with van der Waals surface area (Å²) < 4.78 is 0. The van der Waals surface area contributed by atoms with Crippen LogP contribution in [0.3, 0.4) is 0 Å². The highest BCUT2D eigenvalue weighted by Gasteiger charge is 2.37. The van der Waals surface area contributed by atoms with Crippen molar-refractivity contribution in [2.75, 3.05) is 12.3 Å². The molecule has 0 aromatic heterocycles. The van der Waals surface area contributed by atoms with Crippen molar-refractivity contribution in [1.29, 1.82) is 0 Å². The molecule has 0 spiro atoms. The molecule has 0 nitrogen and oxygen atoms in total. The van der Waals surface area contributed by atoms with Crippen molar-refractivity contribution >= 4 is 22.7 Å². The van der Waals surface area contributed by atoms with Gasteiger partial charge in [-0.2, -0.15) is 0 Å². The van der Waals surface area contributed by atoms with E-state index in [1.165, 1.54) is 29.0 Å². The number of rotatable bonds is 7. The van der Waals surface area contributed by atoms with Gasteiger partial charge in [-0.3, -0.25) is 0 Å². The number of hydrogen-bond donors (Lipinski definition) is 0. The second-order valence-electron chi connectivity index (χ2n) is 7.83. The molecule has 0 bridgehead atoms. The highest BCUT2D eigenvalue weighted by atomic mass is 31.1. The Kier molecular flexibility index (Phi) is 6.14. The van der Waals surface area contributed by atoms with E-state index >= 15 is 0 Å². The number of hydrogen-bond acceptors (Lipinski definition) is 0. The zero-order valence-electron chi connectivity index (χ0n) is 15.8. The minimum absolute atomic E-state index is 0.260. The summed E-state index contributed by atoms with van der Waals surface area (Å²) in [4.78, 5) is 0.260. The summed E-state index contributed by atoms with van der Waals surface area (Å²) in [5, 5.41) is 0. The maximum atomic E-state index is 2.63. The molecule has 0 radical (unpaired) electrons. The maximum Gasteiger partial charge on any atom is 0.0485 e. The van der Waals surface area contributed by atoms with E-state index in [9.17, 15) is 0 Å². The molecule has 0 fully saturated rings. The van der Waals surface area contributed by atoms with Crippen molar-refractivity contribution in [3.8, 4) is 0 Å². The van der Waals surface area contributed by atoms with Crippen LogP contribution in [-0.4, -0.2) is 12.3 Å². The Labute approximate surface area is 157 Å². The van der Waals surface area contributed by atoms with E-state index < -0.39 is 0 Å². The first-order chi connectivity index (χ1) is 12.0. The number of allylic oxidation sites excluding steroid dienone is 1. The Morgan fingerprint density at radius 2 is 1.32 bits per heavy atom. The fourth-order valence-electron chi connectivity index (χ4n) is 3.38. The smallest absolute Gasteiger partial charge is 0.0485 e. The normalized spacial score (nSPS) is 20.3. The third kappa shape index (κ3) is 4.24. The van der Waals surface area contributed by atoms with E-state index in [0.717, 1.165) is 29.0 Å². The lowest BCUT2D eigenvalue weighted by molar-refractivity contribution is 0.739. The van der Waals surface area contributed by atoms with Crippen LogP contribution in [-0.2, 0) is 4.90 Å². The fourth-order valence-corrected chi connectivity index (χ4v) is 7.26. The van der Waals surface area contributed by atoms with Crippen molar-refractivity contribution < 1.29 is 0 Å². The molecule has 25 heavy (non-hydrogen) atoms. The van der Waals surface area contributed by atoms with Gasteiger partial charge in [-0.1, -0.05) is 88.4 Å². The first-order valence-corrected chi connectivity index (χ1v) is 11.8. The molecule has 132 valence electrons. The quantitative estimate of drug-likeness (QED) is 0.464. The lowest BCUT2D eigenvalue weighted by atomic mass is 9.99. The minimum atomic E-state index is 0.260. The SMILES string of the molecule is CC(C)CPC1(PCC(C)C)C=C(c2ccccc2)c2ccccc21. The van der Waals surface area contributed by atoms with Crippen LogP contribution in [0.1, 0.15) is 44.4 Å². The van der Waals surface area contributed by atoms with E-state index in [1.54, 1.807) is 5.56 Å². The molecule has 0 saturated heterocycles. The first-order valence-electron chi connectivity index (χ1n) is 9.40. The summed E-state index contributed by atoms with van der Waals surface area (Å²) in [5.74, 6) is 1.53. The third-order valence-electron chi connectivity index (χ3n) is 4.67. The third-order valence-corrected chi connectivity index (χ3v) is 9.71. The van der Waals surface area contributed by atoms with Crippen molar-refractivity contribution in [2.24, 2.45) is 11.8 Å². The standard InChI is InChI=1S/C23H30P2/c1-17(2)15-24-23(25-16-18(3)4)14-21(19-10-6-5-7-11-19)20-12-8-9-13-22(20)23/h5-14,17-18,24-25H,15-16H2,1-4H3. The van der Waals surface area contributed by atoms with E-state index in [1.807, 2.05) is 0 Å². The Bertz CT molecular complexity index is 717. The van der Waals surface area contributed by atoms with Crippen LogP contribution < -0.4 is 0 Å².